The predicted molar refractivity (Wildman–Crippen MR) is 124 cm³/mol. The average molecular weight is 471 g/mol. The van der Waals surface area contributed by atoms with Crippen molar-refractivity contribution in [3.05, 3.63) is 51.5 Å². The van der Waals surface area contributed by atoms with E-state index in [-0.39, 0.29) is 10.8 Å². The van der Waals surface area contributed by atoms with Crippen LogP contribution >= 0.6 is 23.2 Å². The van der Waals surface area contributed by atoms with Gasteiger partial charge in [-0.25, -0.2) is 8.42 Å². The molecule has 1 aliphatic rings. The van der Waals surface area contributed by atoms with Crippen molar-refractivity contribution in [1.29, 1.82) is 0 Å². The molecule has 2 aromatic rings. The first kappa shape index (κ1) is 23.2. The number of rotatable bonds is 6. The fourth-order valence-corrected chi connectivity index (χ4v) is 5.80. The van der Waals surface area contributed by atoms with Crippen molar-refractivity contribution in [2.75, 3.05) is 37.7 Å². The molecule has 0 aromatic heterocycles. The highest BCUT2D eigenvalue weighted by atomic mass is 35.5. The van der Waals surface area contributed by atoms with Crippen LogP contribution in [0.15, 0.2) is 35.2 Å². The van der Waals surface area contributed by atoms with Crippen LogP contribution in [-0.2, 0) is 10.0 Å². The molecule has 0 amide bonds. The van der Waals surface area contributed by atoms with Crippen molar-refractivity contribution in [3.63, 3.8) is 0 Å². The number of piperazine rings is 1. The number of halogens is 2. The van der Waals surface area contributed by atoms with E-state index >= 15 is 0 Å². The molecule has 1 heterocycles. The van der Waals surface area contributed by atoms with Gasteiger partial charge in [0.1, 0.15) is 10.6 Å². The summed E-state index contributed by atoms with van der Waals surface area (Å²) in [5.41, 5.74) is 2.88. The van der Waals surface area contributed by atoms with E-state index in [1.54, 1.807) is 12.1 Å². The van der Waals surface area contributed by atoms with Gasteiger partial charge in [0.2, 0.25) is 10.0 Å². The summed E-state index contributed by atoms with van der Waals surface area (Å²) in [5.74, 6) is 0.635. The lowest BCUT2D eigenvalue weighted by Crippen LogP contribution is -2.48. The molecule has 2 aromatic carbocycles. The Kier molecular flexibility index (Phi) is 7.23. The Morgan fingerprint density at radius 3 is 2.37 bits per heavy atom. The predicted octanol–water partition coefficient (Wildman–Crippen LogP) is 5.33. The average Bonchev–Trinajstić information content (AvgIpc) is 2.70. The smallest absolute Gasteiger partial charge is 0.246 e. The summed E-state index contributed by atoms with van der Waals surface area (Å²) >= 11 is 12.5. The third-order valence-corrected chi connectivity index (χ3v) is 8.11. The fraction of sp³-hybridized carbons (Fsp3) is 0.455. The highest BCUT2D eigenvalue weighted by Crippen LogP contribution is 2.35. The minimum atomic E-state index is -3.69. The molecular weight excluding hydrogens is 443 g/mol. The van der Waals surface area contributed by atoms with Crippen molar-refractivity contribution in [2.24, 2.45) is 0 Å². The first-order chi connectivity index (χ1) is 14.2. The van der Waals surface area contributed by atoms with Gasteiger partial charge in [0, 0.05) is 26.2 Å². The molecule has 8 heteroatoms. The van der Waals surface area contributed by atoms with Crippen LogP contribution in [0.25, 0.3) is 0 Å². The van der Waals surface area contributed by atoms with Crippen LogP contribution in [0.2, 0.25) is 10.0 Å². The zero-order chi connectivity index (χ0) is 22.1. The van der Waals surface area contributed by atoms with Gasteiger partial charge < -0.3 is 9.64 Å². The zero-order valence-corrected chi connectivity index (χ0v) is 20.1. The number of aryl methyl sites for hydroxylation is 1. The van der Waals surface area contributed by atoms with E-state index in [9.17, 15) is 8.42 Å². The number of hydrogen-bond acceptors (Lipinski definition) is 4. The van der Waals surface area contributed by atoms with Crippen LogP contribution < -0.4 is 9.64 Å². The molecule has 0 saturated carbocycles. The van der Waals surface area contributed by atoms with E-state index in [0.29, 0.717) is 48.6 Å². The first-order valence-electron chi connectivity index (χ1n) is 10.1. The van der Waals surface area contributed by atoms with Gasteiger partial charge in [0.05, 0.1) is 22.3 Å². The standard InChI is InChI=1S/C22H28Cl2N2O3S/c1-5-29-20-13-16(4)17(15(2)3)14-21(20)30(27,28)26-11-9-25(10-12-26)19-8-6-7-18(23)22(19)24/h6-8,13-15H,5,9-12H2,1-4H3. The Bertz CT molecular complexity index is 1020. The monoisotopic (exact) mass is 470 g/mol. The molecule has 1 saturated heterocycles. The van der Waals surface area contributed by atoms with E-state index in [1.165, 1.54) is 4.31 Å². The number of anilines is 1. The molecule has 0 spiro atoms. The summed E-state index contributed by atoms with van der Waals surface area (Å²) in [6.07, 6.45) is 0. The Balaban J connectivity index is 1.88. The second-order valence-electron chi connectivity index (χ2n) is 7.71. The Morgan fingerprint density at radius 2 is 1.77 bits per heavy atom. The van der Waals surface area contributed by atoms with Gasteiger partial charge in [-0.05, 0) is 55.2 Å². The molecule has 0 unspecified atom stereocenters. The second-order valence-corrected chi connectivity index (χ2v) is 10.4. The molecule has 1 aliphatic heterocycles. The third-order valence-electron chi connectivity index (χ3n) is 5.38. The quantitative estimate of drug-likeness (QED) is 0.571. The van der Waals surface area contributed by atoms with Gasteiger partial charge in [-0.2, -0.15) is 4.31 Å². The van der Waals surface area contributed by atoms with Crippen molar-refractivity contribution in [1.82, 2.24) is 4.31 Å². The fourth-order valence-electron chi connectivity index (χ4n) is 3.81. The highest BCUT2D eigenvalue weighted by Gasteiger charge is 2.32. The molecular formula is C22H28Cl2N2O3S. The number of sulfonamides is 1. The van der Waals surface area contributed by atoms with Crippen molar-refractivity contribution in [2.45, 2.75) is 38.5 Å². The van der Waals surface area contributed by atoms with E-state index in [1.807, 2.05) is 32.0 Å². The van der Waals surface area contributed by atoms with Crippen molar-refractivity contribution >= 4 is 38.9 Å². The minimum Gasteiger partial charge on any atom is -0.492 e. The summed E-state index contributed by atoms with van der Waals surface area (Å²) in [6, 6.07) is 9.11. The van der Waals surface area contributed by atoms with Crippen LogP contribution in [0.4, 0.5) is 5.69 Å². The number of ether oxygens (including phenoxy) is 1. The lowest BCUT2D eigenvalue weighted by atomic mass is 9.98. The number of nitrogens with zero attached hydrogens (tertiary/aromatic N) is 2. The molecule has 1 fully saturated rings. The molecule has 0 atom stereocenters. The van der Waals surface area contributed by atoms with Crippen LogP contribution in [0, 0.1) is 6.92 Å². The molecule has 0 aliphatic carbocycles. The van der Waals surface area contributed by atoms with E-state index in [4.69, 9.17) is 27.9 Å². The van der Waals surface area contributed by atoms with Crippen molar-refractivity contribution < 1.29 is 13.2 Å². The third kappa shape index (κ3) is 4.57. The van der Waals surface area contributed by atoms with Gasteiger partial charge >= 0.3 is 0 Å². The summed E-state index contributed by atoms with van der Waals surface area (Å²) in [5, 5.41) is 0.987. The maximum absolute atomic E-state index is 13.5. The van der Waals surface area contributed by atoms with Gasteiger partial charge in [0.15, 0.2) is 0 Å². The Morgan fingerprint density at radius 1 is 1.10 bits per heavy atom. The second kappa shape index (κ2) is 9.35. The SMILES string of the molecule is CCOc1cc(C)c(C(C)C)cc1S(=O)(=O)N1CCN(c2cccc(Cl)c2Cl)CC1. The van der Waals surface area contributed by atoms with Gasteiger partial charge in [-0.15, -0.1) is 0 Å². The lowest BCUT2D eigenvalue weighted by Gasteiger charge is -2.36. The Labute approximate surface area is 189 Å². The molecule has 0 N–H and O–H groups in total. The van der Waals surface area contributed by atoms with E-state index in [2.05, 4.69) is 18.7 Å². The summed E-state index contributed by atoms with van der Waals surface area (Å²) in [6.45, 7) is 10.2. The molecule has 5 nitrogen and oxygen atoms in total. The van der Waals surface area contributed by atoms with Crippen LogP contribution in [-0.4, -0.2) is 45.5 Å². The topological polar surface area (TPSA) is 49.9 Å². The summed E-state index contributed by atoms with van der Waals surface area (Å²) < 4.78 is 34.3. The van der Waals surface area contributed by atoms with Gasteiger partial charge in [-0.3, -0.25) is 0 Å². The molecule has 0 bridgehead atoms. The number of benzene rings is 2. The molecule has 3 rings (SSSR count). The lowest BCUT2D eigenvalue weighted by molar-refractivity contribution is 0.327. The molecule has 164 valence electrons. The van der Waals surface area contributed by atoms with Crippen LogP contribution in [0.3, 0.4) is 0 Å². The first-order valence-corrected chi connectivity index (χ1v) is 12.3. The zero-order valence-electron chi connectivity index (χ0n) is 17.8. The normalized spacial score (nSPS) is 15.6. The maximum Gasteiger partial charge on any atom is 0.246 e. The largest absolute Gasteiger partial charge is 0.492 e. The van der Waals surface area contributed by atoms with E-state index < -0.39 is 10.0 Å². The summed E-state index contributed by atoms with van der Waals surface area (Å²) in [4.78, 5) is 2.31. The molecule has 30 heavy (non-hydrogen) atoms. The van der Waals surface area contributed by atoms with Crippen LogP contribution in [0.1, 0.15) is 37.8 Å². The summed E-state index contributed by atoms with van der Waals surface area (Å²) in [7, 11) is -3.69. The highest BCUT2D eigenvalue weighted by molar-refractivity contribution is 7.89. The molecule has 0 radical (unpaired) electrons. The Hall–Kier alpha value is -1.47. The van der Waals surface area contributed by atoms with Crippen molar-refractivity contribution in [3.8, 4) is 5.75 Å². The minimum absolute atomic E-state index is 0.219. The number of hydrogen-bond donors (Lipinski definition) is 0. The van der Waals surface area contributed by atoms with Crippen LogP contribution in [0.5, 0.6) is 5.75 Å². The van der Waals surface area contributed by atoms with Gasteiger partial charge in [-0.1, -0.05) is 43.1 Å². The van der Waals surface area contributed by atoms with Gasteiger partial charge in [0.25, 0.3) is 0 Å². The van der Waals surface area contributed by atoms with E-state index in [0.717, 1.165) is 16.8 Å². The maximum atomic E-state index is 13.5.